The Balaban J connectivity index is 1.92. The second kappa shape index (κ2) is 5.94. The van der Waals surface area contributed by atoms with Gasteiger partial charge in [0.15, 0.2) is 0 Å². The Labute approximate surface area is 108 Å². The first-order chi connectivity index (χ1) is 8.70. The van der Waals surface area contributed by atoms with Gasteiger partial charge in [-0.05, 0) is 39.5 Å². The minimum absolute atomic E-state index is 0.0359. The molecule has 1 aromatic heterocycles. The summed E-state index contributed by atoms with van der Waals surface area (Å²) in [6, 6.07) is 0. The number of esters is 1. The molecule has 0 radical (unpaired) electrons. The number of hydrogen-bond donors (Lipinski definition) is 0. The number of hydrogen-bond acceptors (Lipinski definition) is 4. The van der Waals surface area contributed by atoms with Gasteiger partial charge < -0.3 is 4.74 Å². The zero-order valence-electron chi connectivity index (χ0n) is 11.1. The third kappa shape index (κ3) is 3.06. The van der Waals surface area contributed by atoms with Gasteiger partial charge in [-0.1, -0.05) is 0 Å². The molecule has 0 atom stereocenters. The zero-order valence-corrected chi connectivity index (χ0v) is 11.1. The van der Waals surface area contributed by atoms with Crippen molar-refractivity contribution in [3.63, 3.8) is 0 Å². The molecule has 0 saturated heterocycles. The Hall–Kier alpha value is -1.45. The van der Waals surface area contributed by atoms with E-state index in [0.29, 0.717) is 12.5 Å². The van der Waals surface area contributed by atoms with Gasteiger partial charge in [-0.25, -0.2) is 0 Å². The van der Waals surface area contributed by atoms with Crippen LogP contribution in [0.4, 0.5) is 0 Å². The second-order valence-corrected chi connectivity index (χ2v) is 4.89. The molecule has 1 aromatic rings. The molecule has 1 fully saturated rings. The summed E-state index contributed by atoms with van der Waals surface area (Å²) in [5.41, 5.74) is 2.03. The van der Waals surface area contributed by atoms with E-state index >= 15 is 0 Å². The van der Waals surface area contributed by atoms with Crippen molar-refractivity contribution in [2.45, 2.75) is 45.4 Å². The third-order valence-electron chi connectivity index (χ3n) is 3.54. The smallest absolute Gasteiger partial charge is 0.308 e. The van der Waals surface area contributed by atoms with E-state index in [-0.39, 0.29) is 11.9 Å². The number of carbonyl (C=O) groups excluding carboxylic acids is 1. The number of aryl methyl sites for hydroxylation is 1. The summed E-state index contributed by atoms with van der Waals surface area (Å²) in [7, 11) is 0. The minimum Gasteiger partial charge on any atom is -0.466 e. The normalized spacial score (nSPS) is 23.7. The highest BCUT2D eigenvalue weighted by atomic mass is 16.5. The standard InChI is InChI=1S/C14H20N2O2/c1-3-18-14(17)12-6-4-11(5-7-12)13-9-15-8-10(2)16-13/h8-9,11-12H,3-7H2,1-2H3/t11-,12-. The molecule has 98 valence electrons. The van der Waals surface area contributed by atoms with Crippen molar-refractivity contribution in [2.24, 2.45) is 5.92 Å². The Morgan fingerprint density at radius 2 is 2.06 bits per heavy atom. The highest BCUT2D eigenvalue weighted by Crippen LogP contribution is 2.35. The van der Waals surface area contributed by atoms with E-state index < -0.39 is 0 Å². The van der Waals surface area contributed by atoms with E-state index in [1.54, 1.807) is 6.20 Å². The monoisotopic (exact) mass is 248 g/mol. The van der Waals surface area contributed by atoms with Gasteiger partial charge in [0, 0.05) is 18.3 Å². The topological polar surface area (TPSA) is 52.1 Å². The molecule has 0 spiro atoms. The average Bonchev–Trinajstić information content (AvgIpc) is 2.39. The fourth-order valence-electron chi connectivity index (χ4n) is 2.56. The fourth-order valence-corrected chi connectivity index (χ4v) is 2.56. The van der Waals surface area contributed by atoms with E-state index in [1.165, 1.54) is 0 Å². The molecule has 1 heterocycles. The van der Waals surface area contributed by atoms with Crippen LogP contribution >= 0.6 is 0 Å². The first-order valence-corrected chi connectivity index (χ1v) is 6.66. The molecule has 1 aliphatic rings. The summed E-state index contributed by atoms with van der Waals surface area (Å²) >= 11 is 0. The quantitative estimate of drug-likeness (QED) is 0.772. The SMILES string of the molecule is CCOC(=O)[C@H]1CC[C@H](c2cncc(C)n2)CC1. The van der Waals surface area contributed by atoms with Crippen LogP contribution in [0.3, 0.4) is 0 Å². The van der Waals surface area contributed by atoms with Gasteiger partial charge in [-0.2, -0.15) is 0 Å². The fraction of sp³-hybridized carbons (Fsp3) is 0.643. The lowest BCUT2D eigenvalue weighted by Gasteiger charge is -2.26. The molecular formula is C14H20N2O2. The van der Waals surface area contributed by atoms with Crippen LogP contribution in [0, 0.1) is 12.8 Å². The van der Waals surface area contributed by atoms with Crippen molar-refractivity contribution < 1.29 is 9.53 Å². The van der Waals surface area contributed by atoms with Crippen molar-refractivity contribution >= 4 is 5.97 Å². The van der Waals surface area contributed by atoms with E-state index in [1.807, 2.05) is 20.0 Å². The van der Waals surface area contributed by atoms with Crippen LogP contribution in [-0.2, 0) is 9.53 Å². The van der Waals surface area contributed by atoms with E-state index in [2.05, 4.69) is 9.97 Å². The van der Waals surface area contributed by atoms with Crippen LogP contribution in [0.5, 0.6) is 0 Å². The number of aromatic nitrogens is 2. The Morgan fingerprint density at radius 3 is 2.67 bits per heavy atom. The Bertz CT molecular complexity index is 412. The number of ether oxygens (including phenoxy) is 1. The van der Waals surface area contributed by atoms with Gasteiger partial charge in [-0.3, -0.25) is 14.8 Å². The van der Waals surface area contributed by atoms with Crippen LogP contribution in [0.1, 0.15) is 49.9 Å². The molecule has 1 aliphatic carbocycles. The summed E-state index contributed by atoms with van der Waals surface area (Å²) in [6.45, 7) is 4.29. The molecule has 0 unspecified atom stereocenters. The van der Waals surface area contributed by atoms with Crippen molar-refractivity contribution in [3.05, 3.63) is 23.8 Å². The maximum absolute atomic E-state index is 11.6. The predicted octanol–water partition coefficient (Wildman–Crippen LogP) is 2.62. The van der Waals surface area contributed by atoms with Gasteiger partial charge in [0.25, 0.3) is 0 Å². The largest absolute Gasteiger partial charge is 0.466 e. The van der Waals surface area contributed by atoms with Crippen molar-refractivity contribution in [3.8, 4) is 0 Å². The van der Waals surface area contributed by atoms with Gasteiger partial charge >= 0.3 is 5.97 Å². The average molecular weight is 248 g/mol. The first-order valence-electron chi connectivity index (χ1n) is 6.66. The molecule has 4 heteroatoms. The number of carbonyl (C=O) groups is 1. The van der Waals surface area contributed by atoms with Crippen molar-refractivity contribution in [1.29, 1.82) is 0 Å². The summed E-state index contributed by atoms with van der Waals surface area (Å²) < 4.78 is 5.07. The second-order valence-electron chi connectivity index (χ2n) is 4.89. The van der Waals surface area contributed by atoms with Crippen molar-refractivity contribution in [1.82, 2.24) is 9.97 Å². The molecule has 0 N–H and O–H groups in total. The molecule has 0 aromatic carbocycles. The number of nitrogens with zero attached hydrogens (tertiary/aromatic N) is 2. The van der Waals surface area contributed by atoms with E-state index in [9.17, 15) is 4.79 Å². The Kier molecular flexibility index (Phi) is 4.28. The lowest BCUT2D eigenvalue weighted by atomic mass is 9.80. The molecule has 18 heavy (non-hydrogen) atoms. The van der Waals surface area contributed by atoms with Crippen LogP contribution < -0.4 is 0 Å². The summed E-state index contributed by atoms with van der Waals surface area (Å²) in [6.07, 6.45) is 7.43. The molecule has 1 saturated carbocycles. The number of rotatable bonds is 3. The highest BCUT2D eigenvalue weighted by Gasteiger charge is 2.28. The predicted molar refractivity (Wildman–Crippen MR) is 68.1 cm³/mol. The van der Waals surface area contributed by atoms with Gasteiger partial charge in [-0.15, -0.1) is 0 Å². The van der Waals surface area contributed by atoms with Crippen molar-refractivity contribution in [2.75, 3.05) is 6.61 Å². The molecular weight excluding hydrogens is 228 g/mol. The maximum atomic E-state index is 11.6. The Morgan fingerprint density at radius 1 is 1.33 bits per heavy atom. The van der Waals surface area contributed by atoms with Gasteiger partial charge in [0.2, 0.25) is 0 Å². The molecule has 0 bridgehead atoms. The molecule has 0 aliphatic heterocycles. The summed E-state index contributed by atoms with van der Waals surface area (Å²) in [5.74, 6) is 0.494. The van der Waals surface area contributed by atoms with E-state index in [0.717, 1.165) is 37.1 Å². The van der Waals surface area contributed by atoms with Gasteiger partial charge in [0.1, 0.15) is 0 Å². The molecule has 2 rings (SSSR count). The minimum atomic E-state index is -0.0359. The van der Waals surface area contributed by atoms with E-state index in [4.69, 9.17) is 4.74 Å². The van der Waals surface area contributed by atoms with Crippen LogP contribution in [0.25, 0.3) is 0 Å². The van der Waals surface area contributed by atoms with Crippen LogP contribution in [0.2, 0.25) is 0 Å². The lowest BCUT2D eigenvalue weighted by Crippen LogP contribution is -2.23. The van der Waals surface area contributed by atoms with Gasteiger partial charge in [0.05, 0.1) is 23.9 Å². The maximum Gasteiger partial charge on any atom is 0.308 e. The van der Waals surface area contributed by atoms with Crippen LogP contribution in [-0.4, -0.2) is 22.5 Å². The first kappa shape index (κ1) is 13.0. The lowest BCUT2D eigenvalue weighted by molar-refractivity contribution is -0.149. The highest BCUT2D eigenvalue weighted by molar-refractivity contribution is 5.72. The zero-order chi connectivity index (χ0) is 13.0. The van der Waals surface area contributed by atoms with Crippen LogP contribution in [0.15, 0.2) is 12.4 Å². The molecule has 4 nitrogen and oxygen atoms in total. The molecule has 0 amide bonds. The summed E-state index contributed by atoms with van der Waals surface area (Å²) in [5, 5.41) is 0. The third-order valence-corrected chi connectivity index (χ3v) is 3.54. The summed E-state index contributed by atoms with van der Waals surface area (Å²) in [4.78, 5) is 20.4.